The van der Waals surface area contributed by atoms with E-state index in [9.17, 15) is 9.59 Å². The number of rotatable bonds is 8. The number of nitrogens with zero attached hydrogens (tertiary/aromatic N) is 1. The van der Waals surface area contributed by atoms with Gasteiger partial charge in [-0.15, -0.1) is 0 Å². The highest BCUT2D eigenvalue weighted by Crippen LogP contribution is 2.38. The van der Waals surface area contributed by atoms with Crippen LogP contribution in [0.5, 0.6) is 0 Å². The van der Waals surface area contributed by atoms with Crippen LogP contribution in [0.2, 0.25) is 0 Å². The molecule has 0 aromatic heterocycles. The Kier molecular flexibility index (Phi) is 7.60. The first kappa shape index (κ1) is 22.8. The molecule has 0 aliphatic carbocycles. The summed E-state index contributed by atoms with van der Waals surface area (Å²) in [4.78, 5) is 28.7. The molecule has 0 saturated heterocycles. The lowest BCUT2D eigenvalue weighted by molar-refractivity contribution is -0.112. The topological polar surface area (TPSA) is 61.4 Å². The van der Waals surface area contributed by atoms with E-state index < -0.39 is 0 Å². The molecule has 2 N–H and O–H groups in total. The highest BCUT2D eigenvalue weighted by Gasteiger charge is 2.20. The standard InChI is InChI=1S/C27H27N3O2S/c1-30(19-21-8-3-2-4-9-21)17-7-16-28-26(31)22-14-12-20(13-15-22)18-25-27(32)29-23-10-5-6-11-24(23)33-25/h2-6,8-15,18H,7,16-17,19H2,1H3,(H,28,31)(H,29,32)/b25-18+. The van der Waals surface area contributed by atoms with Gasteiger partial charge in [-0.1, -0.05) is 66.4 Å². The van der Waals surface area contributed by atoms with Crippen LogP contribution in [0.25, 0.3) is 6.08 Å². The van der Waals surface area contributed by atoms with Crippen molar-refractivity contribution < 1.29 is 9.59 Å². The van der Waals surface area contributed by atoms with Gasteiger partial charge in [0.15, 0.2) is 0 Å². The number of fused-ring (bicyclic) bond motifs is 1. The van der Waals surface area contributed by atoms with E-state index in [1.807, 2.05) is 60.7 Å². The van der Waals surface area contributed by atoms with Crippen molar-refractivity contribution in [2.45, 2.75) is 17.9 Å². The third kappa shape index (κ3) is 6.34. The molecule has 1 heterocycles. The van der Waals surface area contributed by atoms with E-state index >= 15 is 0 Å². The van der Waals surface area contributed by atoms with Crippen molar-refractivity contribution in [1.29, 1.82) is 0 Å². The van der Waals surface area contributed by atoms with Gasteiger partial charge in [-0.25, -0.2) is 0 Å². The molecule has 1 aliphatic rings. The molecule has 33 heavy (non-hydrogen) atoms. The van der Waals surface area contributed by atoms with E-state index in [1.54, 1.807) is 12.1 Å². The molecule has 1 aliphatic heterocycles. The fourth-order valence-electron chi connectivity index (χ4n) is 3.61. The lowest BCUT2D eigenvalue weighted by atomic mass is 10.1. The lowest BCUT2D eigenvalue weighted by Gasteiger charge is -2.18. The van der Waals surface area contributed by atoms with Crippen molar-refractivity contribution in [1.82, 2.24) is 10.2 Å². The number of para-hydroxylation sites is 1. The van der Waals surface area contributed by atoms with Gasteiger partial charge in [0, 0.05) is 23.5 Å². The van der Waals surface area contributed by atoms with E-state index in [2.05, 4.69) is 34.7 Å². The first-order valence-corrected chi connectivity index (χ1v) is 11.8. The number of amides is 2. The van der Waals surface area contributed by atoms with Gasteiger partial charge < -0.3 is 15.5 Å². The Labute approximate surface area is 198 Å². The summed E-state index contributed by atoms with van der Waals surface area (Å²) in [6, 6.07) is 25.4. The Morgan fingerprint density at radius 1 is 1.00 bits per heavy atom. The van der Waals surface area contributed by atoms with Gasteiger partial charge in [0.2, 0.25) is 0 Å². The molecule has 2 amide bonds. The first-order chi connectivity index (χ1) is 16.1. The number of benzene rings is 3. The molecule has 5 nitrogen and oxygen atoms in total. The van der Waals surface area contributed by atoms with E-state index in [0.717, 1.165) is 35.7 Å². The highest BCUT2D eigenvalue weighted by atomic mass is 32.2. The van der Waals surface area contributed by atoms with Crippen LogP contribution >= 0.6 is 11.8 Å². The zero-order valence-electron chi connectivity index (χ0n) is 18.6. The molecule has 0 bridgehead atoms. The SMILES string of the molecule is CN(CCCNC(=O)c1ccc(/C=C2/Sc3ccccc3NC2=O)cc1)Cc1ccccc1. The third-order valence-electron chi connectivity index (χ3n) is 5.35. The molecule has 3 aromatic carbocycles. The maximum Gasteiger partial charge on any atom is 0.262 e. The summed E-state index contributed by atoms with van der Waals surface area (Å²) in [6.45, 7) is 2.43. The van der Waals surface area contributed by atoms with E-state index in [0.29, 0.717) is 17.0 Å². The normalized spacial score (nSPS) is 14.1. The van der Waals surface area contributed by atoms with E-state index in [-0.39, 0.29) is 11.8 Å². The molecular weight excluding hydrogens is 430 g/mol. The van der Waals surface area contributed by atoms with Crippen LogP contribution in [0, 0.1) is 0 Å². The summed E-state index contributed by atoms with van der Waals surface area (Å²) in [5, 5.41) is 5.90. The molecule has 0 spiro atoms. The second-order valence-electron chi connectivity index (χ2n) is 8.02. The Morgan fingerprint density at radius 3 is 2.52 bits per heavy atom. The zero-order chi connectivity index (χ0) is 23.0. The van der Waals surface area contributed by atoms with Crippen LogP contribution in [0.1, 0.15) is 27.9 Å². The average Bonchev–Trinajstić information content (AvgIpc) is 2.83. The van der Waals surface area contributed by atoms with Crippen LogP contribution in [0.15, 0.2) is 88.7 Å². The minimum Gasteiger partial charge on any atom is -0.352 e. The van der Waals surface area contributed by atoms with Gasteiger partial charge >= 0.3 is 0 Å². The number of thioether (sulfide) groups is 1. The number of anilines is 1. The molecule has 6 heteroatoms. The number of hydrogen-bond acceptors (Lipinski definition) is 4. The van der Waals surface area contributed by atoms with Crippen molar-refractivity contribution in [3.05, 3.63) is 100 Å². The van der Waals surface area contributed by atoms with Crippen LogP contribution in [0.4, 0.5) is 5.69 Å². The highest BCUT2D eigenvalue weighted by molar-refractivity contribution is 8.04. The van der Waals surface area contributed by atoms with Crippen molar-refractivity contribution >= 4 is 35.3 Å². The number of hydrogen-bond donors (Lipinski definition) is 2. The number of nitrogens with one attached hydrogen (secondary N) is 2. The smallest absolute Gasteiger partial charge is 0.262 e. The van der Waals surface area contributed by atoms with Gasteiger partial charge in [0.25, 0.3) is 11.8 Å². The molecule has 0 unspecified atom stereocenters. The zero-order valence-corrected chi connectivity index (χ0v) is 19.4. The summed E-state index contributed by atoms with van der Waals surface area (Å²) in [6.07, 6.45) is 2.73. The maximum atomic E-state index is 12.5. The third-order valence-corrected chi connectivity index (χ3v) is 6.45. The summed E-state index contributed by atoms with van der Waals surface area (Å²) in [5.41, 5.74) is 3.61. The molecule has 0 atom stereocenters. The van der Waals surface area contributed by atoms with Gasteiger partial charge in [-0.2, -0.15) is 0 Å². The summed E-state index contributed by atoms with van der Waals surface area (Å²) in [7, 11) is 2.09. The van der Waals surface area contributed by atoms with Crippen LogP contribution in [-0.4, -0.2) is 36.9 Å². The van der Waals surface area contributed by atoms with E-state index in [4.69, 9.17) is 0 Å². The Balaban J connectivity index is 1.25. The summed E-state index contributed by atoms with van der Waals surface area (Å²) in [5.74, 6) is -0.198. The van der Waals surface area contributed by atoms with E-state index in [1.165, 1.54) is 17.3 Å². The first-order valence-electron chi connectivity index (χ1n) is 11.0. The molecule has 3 aromatic rings. The average molecular weight is 458 g/mol. The fourth-order valence-corrected chi connectivity index (χ4v) is 4.56. The van der Waals surface area contributed by atoms with Crippen molar-refractivity contribution in [2.75, 3.05) is 25.5 Å². The fraction of sp³-hybridized carbons (Fsp3) is 0.185. The molecule has 0 radical (unpaired) electrons. The van der Waals surface area contributed by atoms with Gasteiger partial charge in [-0.3, -0.25) is 9.59 Å². The summed E-state index contributed by atoms with van der Waals surface area (Å²) < 4.78 is 0. The molecule has 0 saturated carbocycles. The number of carbonyl (C=O) groups excluding carboxylic acids is 2. The predicted octanol–water partition coefficient (Wildman–Crippen LogP) is 5.02. The van der Waals surface area contributed by atoms with Gasteiger partial charge in [-0.05, 0) is 61.5 Å². The second-order valence-corrected chi connectivity index (χ2v) is 9.10. The Bertz CT molecular complexity index is 1140. The monoisotopic (exact) mass is 457 g/mol. The predicted molar refractivity (Wildman–Crippen MR) is 135 cm³/mol. The van der Waals surface area contributed by atoms with Crippen LogP contribution in [0.3, 0.4) is 0 Å². The van der Waals surface area contributed by atoms with Crippen LogP contribution in [-0.2, 0) is 11.3 Å². The molecule has 0 fully saturated rings. The minimum atomic E-state index is -0.113. The Hall–Kier alpha value is -3.35. The quantitative estimate of drug-likeness (QED) is 0.368. The largest absolute Gasteiger partial charge is 0.352 e. The summed E-state index contributed by atoms with van der Waals surface area (Å²) >= 11 is 1.45. The number of carbonyl (C=O) groups is 2. The van der Waals surface area contributed by atoms with Crippen LogP contribution < -0.4 is 10.6 Å². The molecule has 4 rings (SSSR count). The van der Waals surface area contributed by atoms with Crippen molar-refractivity contribution in [3.63, 3.8) is 0 Å². The van der Waals surface area contributed by atoms with Gasteiger partial charge in [0.05, 0.1) is 10.6 Å². The van der Waals surface area contributed by atoms with Gasteiger partial charge in [0.1, 0.15) is 0 Å². The molecular formula is C27H27N3O2S. The second kappa shape index (κ2) is 11.0. The lowest BCUT2D eigenvalue weighted by Crippen LogP contribution is -2.28. The Morgan fingerprint density at radius 2 is 1.73 bits per heavy atom. The van der Waals surface area contributed by atoms with Crippen molar-refractivity contribution in [2.24, 2.45) is 0 Å². The minimum absolute atomic E-state index is 0.0846. The molecule has 168 valence electrons. The maximum absolute atomic E-state index is 12.5. The van der Waals surface area contributed by atoms with Crippen molar-refractivity contribution in [3.8, 4) is 0 Å².